The van der Waals surface area contributed by atoms with Gasteiger partial charge in [-0.1, -0.05) is 0 Å². The van der Waals surface area contributed by atoms with Crippen molar-refractivity contribution in [2.75, 3.05) is 7.05 Å². The number of hydrogen-bond donors (Lipinski definition) is 2. The van der Waals surface area contributed by atoms with Crippen molar-refractivity contribution in [3.8, 4) is 0 Å². The van der Waals surface area contributed by atoms with E-state index in [0.717, 1.165) is 5.56 Å². The number of nitrogens with two attached hydrogens (primary N) is 1. The average Bonchev–Trinajstić information content (AvgIpc) is 2.17. The van der Waals surface area contributed by atoms with Crippen molar-refractivity contribution in [1.82, 2.24) is 10.3 Å². The summed E-state index contributed by atoms with van der Waals surface area (Å²) in [4.78, 5) is 15.1. The summed E-state index contributed by atoms with van der Waals surface area (Å²) < 4.78 is 0. The quantitative estimate of drug-likeness (QED) is 0.686. The first-order chi connectivity index (χ1) is 6.11. The lowest BCUT2D eigenvalue weighted by atomic mass is 9.92. The van der Waals surface area contributed by atoms with Crippen LogP contribution in [0.5, 0.6) is 0 Å². The van der Waals surface area contributed by atoms with Gasteiger partial charge in [-0.05, 0) is 31.7 Å². The van der Waals surface area contributed by atoms with Gasteiger partial charge in [-0.2, -0.15) is 0 Å². The van der Waals surface area contributed by atoms with E-state index in [1.807, 2.05) is 0 Å². The van der Waals surface area contributed by atoms with Gasteiger partial charge in [-0.15, -0.1) is 0 Å². The zero-order valence-electron chi connectivity index (χ0n) is 7.74. The highest BCUT2D eigenvalue weighted by atomic mass is 16.1. The molecule has 13 heavy (non-hydrogen) atoms. The Balaban J connectivity index is 3.11. The molecule has 1 heterocycles. The normalized spacial score (nSPS) is 14.9. The minimum absolute atomic E-state index is 0.402. The lowest BCUT2D eigenvalue weighted by Gasteiger charge is -2.25. The van der Waals surface area contributed by atoms with Crippen LogP contribution in [0.2, 0.25) is 0 Å². The van der Waals surface area contributed by atoms with Crippen LogP contribution in [-0.2, 0) is 10.3 Å². The molecule has 4 heteroatoms. The maximum Gasteiger partial charge on any atom is 0.242 e. The monoisotopic (exact) mass is 179 g/mol. The van der Waals surface area contributed by atoms with E-state index in [9.17, 15) is 4.79 Å². The molecule has 0 radical (unpaired) electrons. The number of carbonyl (C=O) groups is 1. The molecule has 0 aliphatic rings. The van der Waals surface area contributed by atoms with Crippen molar-refractivity contribution >= 4 is 5.91 Å². The summed E-state index contributed by atoms with van der Waals surface area (Å²) in [6, 6.07) is 3.53. The van der Waals surface area contributed by atoms with E-state index in [2.05, 4.69) is 10.3 Å². The Kier molecular flexibility index (Phi) is 2.63. The number of nitrogens with zero attached hydrogens (tertiary/aromatic N) is 1. The van der Waals surface area contributed by atoms with Crippen LogP contribution in [0.1, 0.15) is 12.5 Å². The lowest BCUT2D eigenvalue weighted by molar-refractivity contribution is -0.123. The summed E-state index contributed by atoms with van der Waals surface area (Å²) in [6.45, 7) is 1.74. The molecule has 1 aromatic heterocycles. The molecule has 0 aliphatic heterocycles. The number of carbonyl (C=O) groups excluding carboxylic acids is 1. The second kappa shape index (κ2) is 3.53. The standard InChI is InChI=1S/C9H13N3O/c1-9(11-2,8(10)13)7-3-5-12-6-4-7/h3-6,11H,1-2H3,(H2,10,13)/t9-/m0/s1. The molecule has 0 unspecified atom stereocenters. The summed E-state index contributed by atoms with van der Waals surface area (Å²) in [5, 5.41) is 2.89. The topological polar surface area (TPSA) is 68.0 Å². The van der Waals surface area contributed by atoms with Crippen LogP contribution in [-0.4, -0.2) is 17.9 Å². The summed E-state index contributed by atoms with van der Waals surface area (Å²) >= 11 is 0. The molecule has 1 rings (SSSR count). The zero-order valence-corrected chi connectivity index (χ0v) is 7.74. The van der Waals surface area contributed by atoms with Crippen LogP contribution in [0.15, 0.2) is 24.5 Å². The minimum atomic E-state index is -0.817. The fraction of sp³-hybridized carbons (Fsp3) is 0.333. The number of hydrogen-bond acceptors (Lipinski definition) is 3. The van der Waals surface area contributed by atoms with Crippen molar-refractivity contribution in [2.45, 2.75) is 12.5 Å². The maximum atomic E-state index is 11.2. The SMILES string of the molecule is CN[C@](C)(C(N)=O)c1ccncc1. The second-order valence-corrected chi connectivity index (χ2v) is 2.98. The number of aromatic nitrogens is 1. The number of amides is 1. The molecule has 1 amide bonds. The third-order valence-electron chi connectivity index (χ3n) is 2.25. The molecule has 0 fully saturated rings. The van der Waals surface area contributed by atoms with Crippen molar-refractivity contribution in [3.63, 3.8) is 0 Å². The Morgan fingerprint density at radius 2 is 2.08 bits per heavy atom. The van der Waals surface area contributed by atoms with Crippen LogP contribution in [0, 0.1) is 0 Å². The number of rotatable bonds is 3. The molecular formula is C9H13N3O. The molecule has 70 valence electrons. The Bertz CT molecular complexity index is 299. The van der Waals surface area contributed by atoms with Gasteiger partial charge >= 0.3 is 0 Å². The molecule has 1 atom stereocenters. The van der Waals surface area contributed by atoms with Crippen LogP contribution >= 0.6 is 0 Å². The molecule has 0 saturated heterocycles. The van der Waals surface area contributed by atoms with Gasteiger partial charge in [0.25, 0.3) is 0 Å². The molecule has 1 aromatic rings. The third kappa shape index (κ3) is 1.67. The first-order valence-electron chi connectivity index (χ1n) is 4.00. The van der Waals surface area contributed by atoms with E-state index in [1.54, 1.807) is 38.5 Å². The fourth-order valence-electron chi connectivity index (χ4n) is 1.10. The molecule has 0 saturated carbocycles. The van der Waals surface area contributed by atoms with Gasteiger partial charge in [-0.3, -0.25) is 9.78 Å². The smallest absolute Gasteiger partial charge is 0.242 e. The van der Waals surface area contributed by atoms with Gasteiger partial charge in [0.05, 0.1) is 0 Å². The summed E-state index contributed by atoms with van der Waals surface area (Å²) in [6.07, 6.45) is 3.27. The second-order valence-electron chi connectivity index (χ2n) is 2.98. The third-order valence-corrected chi connectivity index (χ3v) is 2.25. The summed E-state index contributed by atoms with van der Waals surface area (Å²) in [5.74, 6) is -0.402. The molecular weight excluding hydrogens is 166 g/mol. The predicted molar refractivity (Wildman–Crippen MR) is 49.8 cm³/mol. The van der Waals surface area contributed by atoms with Gasteiger partial charge in [0.2, 0.25) is 5.91 Å². The maximum absolute atomic E-state index is 11.2. The molecule has 0 bridgehead atoms. The molecule has 4 nitrogen and oxygen atoms in total. The van der Waals surface area contributed by atoms with Gasteiger partial charge < -0.3 is 11.1 Å². The Morgan fingerprint density at radius 1 is 1.54 bits per heavy atom. The summed E-state index contributed by atoms with van der Waals surface area (Å²) in [5.41, 5.74) is 5.29. The van der Waals surface area contributed by atoms with E-state index in [0.29, 0.717) is 0 Å². The van der Waals surface area contributed by atoms with E-state index in [1.165, 1.54) is 0 Å². The van der Waals surface area contributed by atoms with Gasteiger partial charge in [0, 0.05) is 12.4 Å². The van der Waals surface area contributed by atoms with Gasteiger partial charge in [0.1, 0.15) is 5.54 Å². The van der Waals surface area contributed by atoms with E-state index < -0.39 is 11.4 Å². The number of pyridine rings is 1. The van der Waals surface area contributed by atoms with E-state index in [4.69, 9.17) is 5.73 Å². The minimum Gasteiger partial charge on any atom is -0.368 e. The highest BCUT2D eigenvalue weighted by Crippen LogP contribution is 2.18. The first-order valence-corrected chi connectivity index (χ1v) is 4.00. The zero-order chi connectivity index (χ0) is 9.90. The first kappa shape index (κ1) is 9.67. The van der Waals surface area contributed by atoms with E-state index in [-0.39, 0.29) is 0 Å². The Morgan fingerprint density at radius 3 is 2.46 bits per heavy atom. The van der Waals surface area contributed by atoms with Crippen molar-refractivity contribution in [1.29, 1.82) is 0 Å². The predicted octanol–water partition coefficient (Wildman–Crippen LogP) is 0.00150. The number of primary amides is 1. The van der Waals surface area contributed by atoms with Crippen LogP contribution in [0.4, 0.5) is 0 Å². The Hall–Kier alpha value is -1.42. The fourth-order valence-corrected chi connectivity index (χ4v) is 1.10. The van der Waals surface area contributed by atoms with Gasteiger partial charge in [-0.25, -0.2) is 0 Å². The largest absolute Gasteiger partial charge is 0.368 e. The lowest BCUT2D eigenvalue weighted by Crippen LogP contribution is -2.48. The van der Waals surface area contributed by atoms with Crippen molar-refractivity contribution in [3.05, 3.63) is 30.1 Å². The van der Waals surface area contributed by atoms with Crippen molar-refractivity contribution < 1.29 is 4.79 Å². The van der Waals surface area contributed by atoms with Crippen molar-refractivity contribution in [2.24, 2.45) is 5.73 Å². The van der Waals surface area contributed by atoms with Crippen LogP contribution < -0.4 is 11.1 Å². The molecule has 0 aliphatic carbocycles. The summed E-state index contributed by atoms with van der Waals surface area (Å²) in [7, 11) is 1.70. The number of likely N-dealkylation sites (N-methyl/N-ethyl adjacent to an activating group) is 1. The highest BCUT2D eigenvalue weighted by Gasteiger charge is 2.30. The van der Waals surface area contributed by atoms with Crippen LogP contribution in [0.25, 0.3) is 0 Å². The highest BCUT2D eigenvalue weighted by molar-refractivity contribution is 5.85. The average molecular weight is 179 g/mol. The molecule has 0 aromatic carbocycles. The number of nitrogens with one attached hydrogen (secondary N) is 1. The van der Waals surface area contributed by atoms with Crippen LogP contribution in [0.3, 0.4) is 0 Å². The van der Waals surface area contributed by atoms with Gasteiger partial charge in [0.15, 0.2) is 0 Å². The Labute approximate surface area is 77.2 Å². The van der Waals surface area contributed by atoms with E-state index >= 15 is 0 Å². The molecule has 3 N–H and O–H groups in total. The molecule has 0 spiro atoms.